The van der Waals surface area contributed by atoms with E-state index in [0.29, 0.717) is 42.8 Å². The average molecular weight is 427 g/mol. The number of halogens is 2. The number of carbonyl (C=O) groups is 2. The van der Waals surface area contributed by atoms with Gasteiger partial charge in [-0.1, -0.05) is 20.8 Å². The zero-order valence-corrected chi connectivity index (χ0v) is 18.7. The van der Waals surface area contributed by atoms with Crippen LogP contribution in [0.5, 0.6) is 0 Å². The summed E-state index contributed by atoms with van der Waals surface area (Å²) in [5, 5.41) is 0. The highest BCUT2D eigenvalue weighted by atomic mass is 35.5. The molecule has 1 spiro atoms. The van der Waals surface area contributed by atoms with Gasteiger partial charge >= 0.3 is 5.97 Å². The first kappa shape index (κ1) is 19.7. The summed E-state index contributed by atoms with van der Waals surface area (Å²) in [5.41, 5.74) is -0.0828. The van der Waals surface area contributed by atoms with Gasteiger partial charge in [-0.15, -0.1) is 23.2 Å². The number of alkyl halides is 2. The van der Waals surface area contributed by atoms with Crippen LogP contribution < -0.4 is 0 Å². The minimum Gasteiger partial charge on any atom is -0.462 e. The second-order valence-corrected chi connectivity index (χ2v) is 12.2. The van der Waals surface area contributed by atoms with Crippen LogP contribution >= 0.6 is 23.2 Å². The maximum Gasteiger partial charge on any atom is 0.305 e. The Labute approximate surface area is 178 Å². The van der Waals surface area contributed by atoms with E-state index < -0.39 is 4.33 Å². The zero-order valence-electron chi connectivity index (χ0n) is 17.2. The normalized spacial score (nSPS) is 53.5. The van der Waals surface area contributed by atoms with E-state index >= 15 is 0 Å². The van der Waals surface area contributed by atoms with E-state index in [9.17, 15) is 9.59 Å². The van der Waals surface area contributed by atoms with Gasteiger partial charge in [0.2, 0.25) is 0 Å². The molecule has 0 aromatic rings. The van der Waals surface area contributed by atoms with Gasteiger partial charge in [0.25, 0.3) is 0 Å². The fourth-order valence-electron chi connectivity index (χ4n) is 8.71. The molecule has 0 aromatic heterocycles. The summed E-state index contributed by atoms with van der Waals surface area (Å²) in [7, 11) is 0. The molecule has 3 nitrogen and oxygen atoms in total. The number of rotatable bonds is 2. The van der Waals surface area contributed by atoms with Crippen LogP contribution in [0, 0.1) is 39.9 Å². The number of ketones is 1. The minimum atomic E-state index is -0.752. The molecule has 8 atom stereocenters. The number of fused-ring (bicyclic) bond motifs is 4. The first-order valence-electron chi connectivity index (χ1n) is 11.2. The van der Waals surface area contributed by atoms with E-state index in [1.807, 2.05) is 6.92 Å². The molecule has 5 rings (SSSR count). The first-order chi connectivity index (χ1) is 13.1. The van der Waals surface area contributed by atoms with E-state index in [1.54, 1.807) is 0 Å². The third-order valence-electron chi connectivity index (χ3n) is 10.2. The highest BCUT2D eigenvalue weighted by Crippen LogP contribution is 2.87. The number of ether oxygens (including phenoxy) is 1. The molecule has 0 aliphatic heterocycles. The Morgan fingerprint density at radius 3 is 2.61 bits per heavy atom. The van der Waals surface area contributed by atoms with Gasteiger partial charge in [-0.25, -0.2) is 0 Å². The van der Waals surface area contributed by atoms with Crippen LogP contribution in [0.4, 0.5) is 0 Å². The van der Waals surface area contributed by atoms with E-state index in [4.69, 9.17) is 27.9 Å². The van der Waals surface area contributed by atoms with Crippen molar-refractivity contribution in [3.63, 3.8) is 0 Å². The van der Waals surface area contributed by atoms with Crippen molar-refractivity contribution >= 4 is 35.0 Å². The number of esters is 1. The molecule has 5 aliphatic rings. The van der Waals surface area contributed by atoms with Crippen molar-refractivity contribution in [1.82, 2.24) is 0 Å². The lowest BCUT2D eigenvalue weighted by Crippen LogP contribution is -2.55. The van der Waals surface area contributed by atoms with Gasteiger partial charge in [0.15, 0.2) is 0 Å². The van der Waals surface area contributed by atoms with Crippen molar-refractivity contribution < 1.29 is 14.3 Å². The lowest BCUT2D eigenvalue weighted by Gasteiger charge is -2.60. The molecule has 5 heteroatoms. The van der Waals surface area contributed by atoms with Crippen LogP contribution in [-0.4, -0.2) is 22.2 Å². The molecule has 0 aromatic carbocycles. The van der Waals surface area contributed by atoms with Crippen molar-refractivity contribution in [2.45, 2.75) is 89.0 Å². The molecular weight excluding hydrogens is 395 g/mol. The first-order valence-corrected chi connectivity index (χ1v) is 12.0. The summed E-state index contributed by atoms with van der Waals surface area (Å²) in [6, 6.07) is 0. The molecule has 0 N–H and O–H groups in total. The fourth-order valence-corrected chi connectivity index (χ4v) is 9.98. The lowest BCUT2D eigenvalue weighted by molar-refractivity contribution is -0.165. The third-order valence-corrected chi connectivity index (χ3v) is 11.4. The summed E-state index contributed by atoms with van der Waals surface area (Å²) >= 11 is 13.9. The van der Waals surface area contributed by atoms with Crippen molar-refractivity contribution in [3.05, 3.63) is 0 Å². The molecule has 5 saturated carbocycles. The molecular formula is C23H32Cl2O3. The molecule has 0 bridgehead atoms. The van der Waals surface area contributed by atoms with Gasteiger partial charge in [-0.2, -0.15) is 0 Å². The predicted octanol–water partition coefficient (Wildman–Crippen LogP) is 5.70. The second kappa shape index (κ2) is 5.90. The van der Waals surface area contributed by atoms with E-state index in [-0.39, 0.29) is 34.2 Å². The quantitative estimate of drug-likeness (QED) is 0.419. The molecule has 0 heterocycles. The van der Waals surface area contributed by atoms with Crippen molar-refractivity contribution in [2.24, 2.45) is 39.9 Å². The number of hydrogen-bond acceptors (Lipinski definition) is 3. The number of hydrogen-bond donors (Lipinski definition) is 0. The Kier molecular flexibility index (Phi) is 4.15. The standard InChI is InChI=1S/C23H32Cl2O3/c1-4-19(27)28-18-6-5-15-14-11-17-22(23(17,24)25)12-13(26)7-10-21(22,3)16(14)8-9-20(15,18)2/h14-18H,4-12H2,1-3H3/t14-,15-,16-,17+,18-,20-,21+,22-/m0/s1. The zero-order chi connectivity index (χ0) is 20.1. The van der Waals surface area contributed by atoms with E-state index in [2.05, 4.69) is 13.8 Å². The van der Waals surface area contributed by atoms with Crippen molar-refractivity contribution in [1.29, 1.82) is 0 Å². The van der Waals surface area contributed by atoms with Crippen LogP contribution in [0.2, 0.25) is 0 Å². The van der Waals surface area contributed by atoms with Crippen LogP contribution in [0.1, 0.15) is 78.6 Å². The van der Waals surface area contributed by atoms with Crippen molar-refractivity contribution in [3.8, 4) is 0 Å². The highest BCUT2D eigenvalue weighted by molar-refractivity contribution is 6.52. The molecule has 0 amide bonds. The Morgan fingerprint density at radius 2 is 1.89 bits per heavy atom. The van der Waals surface area contributed by atoms with E-state index in [1.165, 1.54) is 0 Å². The monoisotopic (exact) mass is 426 g/mol. The lowest BCUT2D eigenvalue weighted by atomic mass is 9.44. The summed E-state index contributed by atoms with van der Waals surface area (Å²) in [4.78, 5) is 24.4. The Morgan fingerprint density at radius 1 is 1.14 bits per heavy atom. The summed E-state index contributed by atoms with van der Waals surface area (Å²) in [5.74, 6) is 2.24. The number of Topliss-reactive ketones (excluding diaryl/α,β-unsaturated/α-hetero) is 1. The van der Waals surface area contributed by atoms with Gasteiger partial charge in [0, 0.05) is 36.0 Å². The number of carbonyl (C=O) groups excluding carboxylic acids is 2. The molecule has 5 fully saturated rings. The molecule has 0 saturated heterocycles. The van der Waals surface area contributed by atoms with Crippen LogP contribution in [0.15, 0.2) is 0 Å². The van der Waals surface area contributed by atoms with Crippen LogP contribution in [-0.2, 0) is 14.3 Å². The van der Waals surface area contributed by atoms with Crippen LogP contribution in [0.25, 0.3) is 0 Å². The molecule has 0 radical (unpaired) electrons. The SMILES string of the molecule is CCC(=O)O[C@H]1CC[C@H]2[C@@H]3C[C@H]4C(Cl)(Cl)[C@@]45CC(=O)CC[C@]5(C)[C@H]3CC[C@]12C. The average Bonchev–Trinajstić information content (AvgIpc) is 2.93. The van der Waals surface area contributed by atoms with Crippen LogP contribution in [0.3, 0.4) is 0 Å². The highest BCUT2D eigenvalue weighted by Gasteiger charge is 2.86. The molecule has 156 valence electrons. The molecule has 28 heavy (non-hydrogen) atoms. The predicted molar refractivity (Wildman–Crippen MR) is 109 cm³/mol. The topological polar surface area (TPSA) is 43.4 Å². The maximum absolute atomic E-state index is 12.4. The second-order valence-electron chi connectivity index (χ2n) is 10.8. The van der Waals surface area contributed by atoms with E-state index in [0.717, 1.165) is 38.5 Å². The Bertz CT molecular complexity index is 735. The summed E-state index contributed by atoms with van der Waals surface area (Å²) in [6.07, 6.45) is 8.07. The fraction of sp³-hybridized carbons (Fsp3) is 0.913. The summed E-state index contributed by atoms with van der Waals surface area (Å²) in [6.45, 7) is 6.61. The molecule has 5 aliphatic carbocycles. The van der Waals surface area contributed by atoms with Gasteiger partial charge in [-0.05, 0) is 61.7 Å². The molecule has 0 unspecified atom stereocenters. The Balaban J connectivity index is 1.48. The van der Waals surface area contributed by atoms with Gasteiger partial charge in [0.05, 0.1) is 0 Å². The van der Waals surface area contributed by atoms with Gasteiger partial charge in [0.1, 0.15) is 16.2 Å². The van der Waals surface area contributed by atoms with Crippen molar-refractivity contribution in [2.75, 3.05) is 0 Å². The Hall–Kier alpha value is -0.280. The summed E-state index contributed by atoms with van der Waals surface area (Å²) < 4.78 is 5.15. The van der Waals surface area contributed by atoms with Gasteiger partial charge < -0.3 is 4.74 Å². The van der Waals surface area contributed by atoms with Gasteiger partial charge in [-0.3, -0.25) is 9.59 Å². The maximum atomic E-state index is 12.4. The smallest absolute Gasteiger partial charge is 0.305 e. The minimum absolute atomic E-state index is 0.0503. The third kappa shape index (κ3) is 2.14. The largest absolute Gasteiger partial charge is 0.462 e.